The maximum Gasteiger partial charge on any atom is 0.306 e. The number of ether oxygens (including phenoxy) is 2. The number of aliphatic hydroxyl groups is 1. The molecule has 0 radical (unpaired) electrons. The Kier molecular flexibility index (Phi) is 8.62. The van der Waals surface area contributed by atoms with Crippen molar-refractivity contribution in [2.24, 2.45) is 0 Å². The molecule has 0 aliphatic heterocycles. The van der Waals surface area contributed by atoms with Gasteiger partial charge in [0.05, 0.1) is 7.11 Å². The molecule has 25 heavy (non-hydrogen) atoms. The third kappa shape index (κ3) is 8.15. The molecule has 0 bridgehead atoms. The van der Waals surface area contributed by atoms with Gasteiger partial charge in [0.1, 0.15) is 11.4 Å². The Bertz CT molecular complexity index is 557. The van der Waals surface area contributed by atoms with Crippen molar-refractivity contribution < 1.29 is 19.4 Å². The molecule has 0 aromatic heterocycles. The molecule has 0 saturated heterocycles. The number of hydrogen-bond acceptors (Lipinski definition) is 5. The molecule has 4 nitrogen and oxygen atoms in total. The summed E-state index contributed by atoms with van der Waals surface area (Å²) in [6, 6.07) is 6.04. The summed E-state index contributed by atoms with van der Waals surface area (Å²) in [6.45, 7) is 8.00. The Balaban J connectivity index is 2.84. The molecule has 1 N–H and O–H groups in total. The van der Waals surface area contributed by atoms with Crippen molar-refractivity contribution in [3.05, 3.63) is 23.8 Å². The van der Waals surface area contributed by atoms with Gasteiger partial charge < -0.3 is 14.6 Å². The van der Waals surface area contributed by atoms with Gasteiger partial charge in [-0.25, -0.2) is 0 Å². The predicted molar refractivity (Wildman–Crippen MR) is 104 cm³/mol. The summed E-state index contributed by atoms with van der Waals surface area (Å²) in [7, 11) is 1.67. The fourth-order valence-electron chi connectivity index (χ4n) is 2.42. The average molecular weight is 371 g/mol. The molecule has 0 spiro atoms. The molecule has 0 unspecified atom stereocenters. The number of methoxy groups -OCH3 is 1. The van der Waals surface area contributed by atoms with Crippen LogP contribution in [-0.2, 0) is 9.53 Å². The highest BCUT2D eigenvalue weighted by molar-refractivity contribution is 7.99. The second kappa shape index (κ2) is 10.7. The van der Waals surface area contributed by atoms with Crippen LogP contribution in [-0.4, -0.2) is 37.6 Å². The van der Waals surface area contributed by atoms with Gasteiger partial charge in [-0.2, -0.15) is 0 Å². The second-order valence-corrected chi connectivity index (χ2v) is 8.24. The lowest BCUT2D eigenvalue weighted by Crippen LogP contribution is -2.24. The largest absolute Gasteiger partial charge is 0.496 e. The summed E-state index contributed by atoms with van der Waals surface area (Å²) < 4.78 is 18.0. The van der Waals surface area contributed by atoms with Gasteiger partial charge in [0.2, 0.25) is 1.43 Å². The van der Waals surface area contributed by atoms with E-state index in [1.54, 1.807) is 18.9 Å². The minimum absolute atomic E-state index is 0.0311. The van der Waals surface area contributed by atoms with Crippen molar-refractivity contribution >= 4 is 17.7 Å². The van der Waals surface area contributed by atoms with Gasteiger partial charge in [0.25, 0.3) is 0 Å². The van der Waals surface area contributed by atoms with Gasteiger partial charge in [-0.3, -0.25) is 4.79 Å². The molecule has 0 saturated carbocycles. The van der Waals surface area contributed by atoms with Crippen LogP contribution >= 0.6 is 11.8 Å². The van der Waals surface area contributed by atoms with E-state index in [1.165, 1.54) is 0 Å². The molecular weight excluding hydrogens is 336 g/mol. The molecule has 5 heteroatoms. The Labute approximate surface area is 157 Å². The van der Waals surface area contributed by atoms with Crippen molar-refractivity contribution in [2.45, 2.75) is 69.8 Å². The summed E-state index contributed by atoms with van der Waals surface area (Å²) in [5, 5.41) is 4.65. The molecule has 1 atom stereocenters. The average Bonchev–Trinajstić information content (AvgIpc) is 2.57. The maximum absolute atomic E-state index is 12.0. The number of carbonyl (C=O) groups is 1. The Morgan fingerprint density at radius 1 is 1.40 bits per heavy atom. The first kappa shape index (κ1) is 20.1. The number of benzene rings is 1. The maximum atomic E-state index is 12.0. The monoisotopic (exact) mass is 370 g/mol. The van der Waals surface area contributed by atoms with Crippen molar-refractivity contribution in [3.8, 4) is 5.75 Å². The van der Waals surface area contributed by atoms with Crippen LogP contribution in [0.4, 0.5) is 0 Å². The van der Waals surface area contributed by atoms with Crippen LogP contribution in [0, 0.1) is 0 Å². The van der Waals surface area contributed by atoms with Crippen LogP contribution in [0.1, 0.15) is 64.9 Å². The number of rotatable bonds is 11. The number of aliphatic hydroxyl groups excluding tert-OH is 1. The lowest BCUT2D eigenvalue weighted by Gasteiger charge is -2.21. The van der Waals surface area contributed by atoms with Crippen molar-refractivity contribution in [1.29, 1.82) is 1.43 Å². The van der Waals surface area contributed by atoms with E-state index in [4.69, 9.17) is 10.9 Å². The minimum atomic E-state index is -0.484. The number of esters is 1. The van der Waals surface area contributed by atoms with E-state index < -0.39 is 5.60 Å². The normalized spacial score (nSPS) is 13.2. The van der Waals surface area contributed by atoms with E-state index in [2.05, 4.69) is 18.1 Å². The van der Waals surface area contributed by atoms with E-state index in [1.807, 2.05) is 32.9 Å². The molecule has 0 amide bonds. The summed E-state index contributed by atoms with van der Waals surface area (Å²) in [5.74, 6) is 1.64. The van der Waals surface area contributed by atoms with Crippen LogP contribution in [0.2, 0.25) is 0 Å². The number of thioether (sulfide) groups is 1. The van der Waals surface area contributed by atoms with Gasteiger partial charge in [-0.15, -0.1) is 11.8 Å². The zero-order chi connectivity index (χ0) is 19.6. The number of carbonyl (C=O) groups excluding carboxylic acids is 1. The SMILES string of the molecule is [3H]OC[C@@H](CCC(=O)OC(C)(C)C)c1ccc(OC)c(SCCCC)c1. The highest BCUT2D eigenvalue weighted by atomic mass is 32.2. The van der Waals surface area contributed by atoms with Crippen LogP contribution < -0.4 is 4.74 Å². The topological polar surface area (TPSA) is 55.8 Å². The first-order valence-corrected chi connectivity index (χ1v) is 9.90. The van der Waals surface area contributed by atoms with Gasteiger partial charge in [0.15, 0.2) is 0 Å². The fourth-order valence-corrected chi connectivity index (χ4v) is 3.58. The van der Waals surface area contributed by atoms with Crippen LogP contribution in [0.3, 0.4) is 0 Å². The Morgan fingerprint density at radius 3 is 2.76 bits per heavy atom. The first-order valence-electron chi connectivity index (χ1n) is 9.32. The van der Waals surface area contributed by atoms with E-state index >= 15 is 0 Å². The Morgan fingerprint density at radius 2 is 2.16 bits per heavy atom. The summed E-state index contributed by atoms with van der Waals surface area (Å²) in [5.41, 5.74) is 0.572. The fraction of sp³-hybridized carbons (Fsp3) is 0.650. The standard InChI is InChI=1S/C20H32O4S/c1-6-7-12-25-18-13-15(8-10-17(18)23-5)16(14-21)9-11-19(22)24-20(2,3)4/h8,10,13,16,21H,6-7,9,11-12,14H2,1-5H3/t16-/m1/s1/i21T. The number of unbranched alkanes of at least 4 members (excludes halogenated alkanes) is 1. The second-order valence-electron chi connectivity index (χ2n) is 7.10. The predicted octanol–water partition coefficient (Wildman–Crippen LogP) is 4.79. The molecule has 0 heterocycles. The van der Waals surface area contributed by atoms with Crippen molar-refractivity contribution in [1.82, 2.24) is 0 Å². The van der Waals surface area contributed by atoms with Crippen molar-refractivity contribution in [3.63, 3.8) is 0 Å². The number of hydrogen-bond donors (Lipinski definition) is 1. The molecule has 1 rings (SSSR count). The van der Waals surface area contributed by atoms with E-state index in [0.717, 1.165) is 34.8 Å². The smallest absolute Gasteiger partial charge is 0.306 e. The van der Waals surface area contributed by atoms with Crippen molar-refractivity contribution in [2.75, 3.05) is 19.5 Å². The molecule has 1 aromatic rings. The lowest BCUT2D eigenvalue weighted by molar-refractivity contribution is -0.155. The third-order valence-corrected chi connectivity index (χ3v) is 4.86. The zero-order valence-corrected chi connectivity index (χ0v) is 16.9. The molecule has 142 valence electrons. The quantitative estimate of drug-likeness (QED) is 0.345. The summed E-state index contributed by atoms with van der Waals surface area (Å²) in [4.78, 5) is 13.1. The summed E-state index contributed by atoms with van der Waals surface area (Å²) >= 11 is 1.77. The molecule has 1 aromatic carbocycles. The van der Waals surface area contributed by atoms with Crippen LogP contribution in [0.5, 0.6) is 5.75 Å². The van der Waals surface area contributed by atoms with Crippen LogP contribution in [0.15, 0.2) is 23.1 Å². The van der Waals surface area contributed by atoms with E-state index in [0.29, 0.717) is 12.8 Å². The van der Waals surface area contributed by atoms with Gasteiger partial charge >= 0.3 is 5.97 Å². The molecule has 0 fully saturated rings. The van der Waals surface area contributed by atoms with E-state index in [9.17, 15) is 4.79 Å². The first-order chi connectivity index (χ1) is 12.3. The molecule has 0 aliphatic rings. The highest BCUT2D eigenvalue weighted by Gasteiger charge is 2.19. The minimum Gasteiger partial charge on any atom is -0.496 e. The molecule has 0 aliphatic carbocycles. The highest BCUT2D eigenvalue weighted by Crippen LogP contribution is 2.34. The van der Waals surface area contributed by atoms with Gasteiger partial charge in [-0.1, -0.05) is 19.4 Å². The Hall–Kier alpha value is -1.20. The molecular formula is C20H32O4S. The summed E-state index contributed by atoms with van der Waals surface area (Å²) in [6.07, 6.45) is 3.19. The van der Waals surface area contributed by atoms with E-state index in [-0.39, 0.29) is 18.5 Å². The zero-order valence-electron chi connectivity index (χ0n) is 17.1. The third-order valence-electron chi connectivity index (χ3n) is 3.73. The van der Waals surface area contributed by atoms with Crippen LogP contribution in [0.25, 0.3) is 0 Å². The van der Waals surface area contributed by atoms with Gasteiger partial charge in [0, 0.05) is 23.8 Å². The lowest BCUT2D eigenvalue weighted by atomic mass is 9.95. The van der Waals surface area contributed by atoms with Gasteiger partial charge in [-0.05, 0) is 57.1 Å².